The van der Waals surface area contributed by atoms with E-state index in [-0.39, 0.29) is 28.7 Å². The van der Waals surface area contributed by atoms with Crippen LogP contribution in [0.1, 0.15) is 18.4 Å². The minimum absolute atomic E-state index is 0.0837. The van der Waals surface area contributed by atoms with Crippen LogP contribution in [0.25, 0.3) is 11.3 Å². The van der Waals surface area contributed by atoms with Crippen molar-refractivity contribution >= 4 is 17.3 Å². The summed E-state index contributed by atoms with van der Waals surface area (Å²) in [5, 5.41) is 0. The minimum atomic E-state index is -1.42. The number of pyridine rings is 1. The molecule has 162 valence electrons. The Hall–Kier alpha value is -2.98. The lowest BCUT2D eigenvalue weighted by Crippen LogP contribution is -2.23. The summed E-state index contributed by atoms with van der Waals surface area (Å²) in [5.41, 5.74) is 1.26. The Balaban J connectivity index is 1.80. The number of nitrogens with zero attached hydrogens (tertiary/aromatic N) is 3. The van der Waals surface area contributed by atoms with Crippen molar-refractivity contribution in [3.8, 4) is 22.8 Å². The number of aryl methyl sites for hydroxylation is 1. The van der Waals surface area contributed by atoms with Gasteiger partial charge in [0.05, 0.1) is 17.6 Å². The Kier molecular flexibility index (Phi) is 5.92. The summed E-state index contributed by atoms with van der Waals surface area (Å²) in [7, 11) is 0. The van der Waals surface area contributed by atoms with Crippen LogP contribution in [-0.2, 0) is 17.9 Å². The molecular formula is C21H20F2N4O3S. The number of benzene rings is 1. The number of rotatable bonds is 7. The molecule has 1 N–H and O–H groups in total. The van der Waals surface area contributed by atoms with Crippen molar-refractivity contribution in [1.82, 2.24) is 14.5 Å². The van der Waals surface area contributed by atoms with E-state index in [2.05, 4.69) is 14.7 Å². The second kappa shape index (κ2) is 8.64. The zero-order valence-electron chi connectivity index (χ0n) is 16.9. The minimum Gasteiger partial charge on any atom is -0.593 e. The maximum Gasteiger partial charge on any atom is 0.265 e. The number of aromatic nitrogens is 3. The molecule has 4 rings (SSSR count). The van der Waals surface area contributed by atoms with Crippen LogP contribution in [0.15, 0.2) is 41.5 Å². The van der Waals surface area contributed by atoms with Gasteiger partial charge in [0, 0.05) is 29.9 Å². The molecule has 1 fully saturated rings. The van der Waals surface area contributed by atoms with E-state index in [4.69, 9.17) is 4.74 Å². The van der Waals surface area contributed by atoms with Crippen molar-refractivity contribution in [2.45, 2.75) is 26.3 Å². The topological polar surface area (TPSA) is 92.1 Å². The zero-order valence-corrected chi connectivity index (χ0v) is 17.7. The number of ether oxygens (including phenoxy) is 1. The van der Waals surface area contributed by atoms with Crippen molar-refractivity contribution in [1.29, 1.82) is 0 Å². The Morgan fingerprint density at radius 1 is 1.29 bits per heavy atom. The first-order chi connectivity index (χ1) is 14.8. The molecule has 31 heavy (non-hydrogen) atoms. The molecule has 10 heteroatoms. The summed E-state index contributed by atoms with van der Waals surface area (Å²) in [6.07, 6.45) is 6.58. The van der Waals surface area contributed by atoms with E-state index >= 15 is 0 Å². The first-order valence-electron chi connectivity index (χ1n) is 9.61. The van der Waals surface area contributed by atoms with Crippen LogP contribution in [0.2, 0.25) is 0 Å². The summed E-state index contributed by atoms with van der Waals surface area (Å²) in [6, 6.07) is 4.62. The summed E-state index contributed by atoms with van der Waals surface area (Å²) in [6.45, 7) is 2.31. The molecule has 3 aromatic rings. The number of hydrogen-bond donors (Lipinski definition) is 1. The van der Waals surface area contributed by atoms with Crippen LogP contribution in [0.5, 0.6) is 11.5 Å². The second-order valence-electron chi connectivity index (χ2n) is 7.45. The SMILES string of the molecule is Cc1cc(-c2nc(N[S+](C)[O-])ncc2Oc2ccc(F)cc2F)cn(CC2CC2)c1=O. The largest absolute Gasteiger partial charge is 0.593 e. The summed E-state index contributed by atoms with van der Waals surface area (Å²) >= 11 is -1.42. The fourth-order valence-electron chi connectivity index (χ4n) is 3.14. The monoisotopic (exact) mass is 446 g/mol. The third-order valence-corrected chi connectivity index (χ3v) is 5.26. The summed E-state index contributed by atoms with van der Waals surface area (Å²) < 4.78 is 48.9. The lowest BCUT2D eigenvalue weighted by Gasteiger charge is -2.15. The molecule has 0 aliphatic heterocycles. The quantitative estimate of drug-likeness (QED) is 0.555. The van der Waals surface area contributed by atoms with Gasteiger partial charge in [0.15, 0.2) is 17.3 Å². The zero-order chi connectivity index (χ0) is 22.1. The third kappa shape index (κ3) is 5.02. The maximum atomic E-state index is 14.1. The first-order valence-corrected chi connectivity index (χ1v) is 11.2. The van der Waals surface area contributed by atoms with Gasteiger partial charge in [0.25, 0.3) is 11.5 Å². The molecule has 1 aliphatic carbocycles. The highest BCUT2D eigenvalue weighted by Gasteiger charge is 2.23. The van der Waals surface area contributed by atoms with Gasteiger partial charge >= 0.3 is 0 Å². The molecule has 1 aromatic carbocycles. The van der Waals surface area contributed by atoms with Gasteiger partial charge in [-0.3, -0.25) is 4.79 Å². The average molecular weight is 446 g/mol. The van der Waals surface area contributed by atoms with Crippen molar-refractivity contribution in [3.63, 3.8) is 0 Å². The number of halogens is 2. The molecule has 1 saturated carbocycles. The molecule has 7 nitrogen and oxygen atoms in total. The third-order valence-electron chi connectivity index (χ3n) is 4.79. The highest BCUT2D eigenvalue weighted by Crippen LogP contribution is 2.34. The van der Waals surface area contributed by atoms with Gasteiger partial charge in [-0.05, 0) is 43.9 Å². The Bertz CT molecular complexity index is 1180. The van der Waals surface area contributed by atoms with E-state index in [1.54, 1.807) is 23.8 Å². The van der Waals surface area contributed by atoms with Crippen LogP contribution in [0, 0.1) is 24.5 Å². The average Bonchev–Trinajstić information content (AvgIpc) is 3.52. The molecule has 0 amide bonds. The second-order valence-corrected chi connectivity index (χ2v) is 8.56. The van der Waals surface area contributed by atoms with Crippen molar-refractivity contribution in [2.24, 2.45) is 5.92 Å². The van der Waals surface area contributed by atoms with Crippen molar-refractivity contribution in [2.75, 3.05) is 11.0 Å². The highest BCUT2D eigenvalue weighted by molar-refractivity contribution is 7.91. The van der Waals surface area contributed by atoms with Gasteiger partial charge in [0.2, 0.25) is 0 Å². The number of anilines is 1. The molecule has 2 aromatic heterocycles. The van der Waals surface area contributed by atoms with E-state index in [0.717, 1.165) is 18.9 Å². The first kappa shape index (κ1) is 21.3. The lowest BCUT2D eigenvalue weighted by atomic mass is 10.1. The normalized spacial score (nSPS) is 14.4. The molecule has 1 aliphatic rings. The number of nitrogens with one attached hydrogen (secondary N) is 1. The molecule has 0 radical (unpaired) electrons. The van der Waals surface area contributed by atoms with Gasteiger partial charge in [-0.25, -0.2) is 18.7 Å². The molecule has 1 atom stereocenters. The van der Waals surface area contributed by atoms with Gasteiger partial charge in [-0.15, -0.1) is 0 Å². The lowest BCUT2D eigenvalue weighted by molar-refractivity contribution is 0.436. The Morgan fingerprint density at radius 3 is 2.74 bits per heavy atom. The van der Waals surface area contributed by atoms with Crippen LogP contribution in [0.3, 0.4) is 0 Å². The van der Waals surface area contributed by atoms with Gasteiger partial charge < -0.3 is 13.9 Å². The predicted molar refractivity (Wildman–Crippen MR) is 113 cm³/mol. The van der Waals surface area contributed by atoms with Crippen LogP contribution in [-0.4, -0.2) is 25.3 Å². The molecular weight excluding hydrogens is 426 g/mol. The maximum absolute atomic E-state index is 14.1. The van der Waals surface area contributed by atoms with Gasteiger partial charge in [-0.1, -0.05) is 0 Å². The standard InChI is InChI=1S/C21H20F2N4O3S/c1-12-7-14(11-27(20(12)28)10-13-3-4-13)19-18(9-24-21(25-19)26-31(2)29)30-17-6-5-15(22)8-16(17)23/h5-9,11,13H,3-4,10H2,1-2H3,(H,24,25,26). The van der Waals surface area contributed by atoms with E-state index in [1.807, 2.05) is 0 Å². The molecule has 0 spiro atoms. The fraction of sp³-hybridized carbons (Fsp3) is 0.286. The van der Waals surface area contributed by atoms with Crippen molar-refractivity contribution in [3.05, 3.63) is 64.2 Å². The highest BCUT2D eigenvalue weighted by atomic mass is 32.2. The predicted octanol–water partition coefficient (Wildman–Crippen LogP) is 3.80. The smallest absolute Gasteiger partial charge is 0.265 e. The van der Waals surface area contributed by atoms with Crippen LogP contribution >= 0.6 is 0 Å². The molecule has 2 heterocycles. The van der Waals surface area contributed by atoms with Crippen LogP contribution < -0.4 is 15.0 Å². The fourth-order valence-corrected chi connectivity index (χ4v) is 3.49. The van der Waals surface area contributed by atoms with Crippen LogP contribution in [0.4, 0.5) is 14.7 Å². The van der Waals surface area contributed by atoms with E-state index < -0.39 is 23.0 Å². The van der Waals surface area contributed by atoms with Gasteiger partial charge in [-0.2, -0.15) is 4.72 Å². The Labute approximate surface area is 180 Å². The molecule has 1 unspecified atom stereocenters. The van der Waals surface area contributed by atoms with E-state index in [9.17, 15) is 18.1 Å². The molecule has 0 bridgehead atoms. The van der Waals surface area contributed by atoms with E-state index in [0.29, 0.717) is 29.7 Å². The van der Waals surface area contributed by atoms with Crippen molar-refractivity contribution < 1.29 is 18.1 Å². The summed E-state index contributed by atoms with van der Waals surface area (Å²) in [5.74, 6) is -1.14. The number of hydrogen-bond acceptors (Lipinski definition) is 6. The Morgan fingerprint density at radius 2 is 2.06 bits per heavy atom. The van der Waals surface area contributed by atoms with E-state index in [1.165, 1.54) is 18.5 Å². The van der Waals surface area contributed by atoms with Gasteiger partial charge in [0.1, 0.15) is 17.8 Å². The molecule has 0 saturated heterocycles. The summed E-state index contributed by atoms with van der Waals surface area (Å²) in [4.78, 5) is 21.0.